The highest BCUT2D eigenvalue weighted by Gasteiger charge is 2.67. The summed E-state index contributed by atoms with van der Waals surface area (Å²) in [5, 5.41) is 0. The first-order chi connectivity index (χ1) is 19.0. The number of benzene rings is 4. The molecule has 1 heterocycles. The van der Waals surface area contributed by atoms with Gasteiger partial charge in [0.25, 0.3) is 0 Å². The van der Waals surface area contributed by atoms with Crippen molar-refractivity contribution in [2.45, 2.75) is 25.2 Å². The number of aryl methyl sites for hydroxylation is 1. The van der Waals surface area contributed by atoms with Gasteiger partial charge in [0, 0.05) is 12.1 Å². The van der Waals surface area contributed by atoms with E-state index in [4.69, 9.17) is 9.73 Å². The molecule has 2 atom stereocenters. The van der Waals surface area contributed by atoms with Crippen LogP contribution in [0, 0.1) is 18.8 Å². The van der Waals surface area contributed by atoms with Gasteiger partial charge in [-0.1, -0.05) is 66.2 Å². The molecule has 4 aliphatic rings. The number of hydrogen-bond donors (Lipinski definition) is 0. The number of carbonyl (C=O) groups is 2. The molecule has 0 radical (unpaired) electrons. The van der Waals surface area contributed by atoms with Crippen LogP contribution in [-0.4, -0.2) is 24.6 Å². The Labute approximate surface area is 227 Å². The Kier molecular flexibility index (Phi) is 5.31. The molecule has 8 rings (SSSR count). The Morgan fingerprint density at radius 2 is 1.44 bits per heavy atom. The number of ether oxygens (including phenoxy) is 1. The van der Waals surface area contributed by atoms with Crippen molar-refractivity contribution in [3.63, 3.8) is 0 Å². The average Bonchev–Trinajstić information content (AvgIpc) is 3.24. The van der Waals surface area contributed by atoms with Gasteiger partial charge >= 0.3 is 0 Å². The van der Waals surface area contributed by atoms with Crippen molar-refractivity contribution in [1.82, 2.24) is 0 Å². The van der Waals surface area contributed by atoms with Crippen molar-refractivity contribution < 1.29 is 14.3 Å². The van der Waals surface area contributed by atoms with E-state index in [1.807, 2.05) is 80.7 Å². The average molecular weight is 513 g/mol. The van der Waals surface area contributed by atoms with Crippen LogP contribution in [0.15, 0.2) is 102 Å². The maximum absolute atomic E-state index is 14.4. The van der Waals surface area contributed by atoms with Crippen molar-refractivity contribution in [3.8, 4) is 5.75 Å². The van der Waals surface area contributed by atoms with E-state index in [-0.39, 0.29) is 17.7 Å². The van der Waals surface area contributed by atoms with E-state index in [0.29, 0.717) is 18.0 Å². The molecule has 0 saturated carbocycles. The summed E-state index contributed by atoms with van der Waals surface area (Å²) in [5.41, 5.74) is 5.98. The van der Waals surface area contributed by atoms with Crippen molar-refractivity contribution in [2.75, 3.05) is 11.5 Å². The van der Waals surface area contributed by atoms with Gasteiger partial charge in [0.15, 0.2) is 0 Å². The molecular weight excluding hydrogens is 484 g/mol. The summed E-state index contributed by atoms with van der Waals surface area (Å²) in [6.45, 7) is 4.52. The summed E-state index contributed by atoms with van der Waals surface area (Å²) in [6, 6.07) is 31.8. The van der Waals surface area contributed by atoms with E-state index in [0.717, 1.165) is 33.5 Å². The number of hydrogen-bond acceptors (Lipinski definition) is 4. The van der Waals surface area contributed by atoms with Crippen LogP contribution in [-0.2, 0) is 15.0 Å². The Morgan fingerprint density at radius 1 is 0.821 bits per heavy atom. The number of nitrogens with zero attached hydrogens (tertiary/aromatic N) is 2. The lowest BCUT2D eigenvalue weighted by atomic mass is 9.47. The van der Waals surface area contributed by atoms with E-state index in [1.54, 1.807) is 12.1 Å². The van der Waals surface area contributed by atoms with Gasteiger partial charge in [0.05, 0.1) is 35.2 Å². The Hall–Kier alpha value is -4.51. The van der Waals surface area contributed by atoms with E-state index >= 15 is 0 Å². The van der Waals surface area contributed by atoms with Gasteiger partial charge in [-0.15, -0.1) is 0 Å². The summed E-state index contributed by atoms with van der Waals surface area (Å²) < 4.78 is 5.59. The maximum atomic E-state index is 14.4. The summed E-state index contributed by atoms with van der Waals surface area (Å²) in [4.78, 5) is 35.1. The molecule has 1 aliphatic heterocycles. The Morgan fingerprint density at radius 3 is 2.05 bits per heavy atom. The fourth-order valence-corrected chi connectivity index (χ4v) is 6.97. The smallest absolute Gasteiger partial charge is 0.239 e. The second kappa shape index (κ2) is 8.77. The molecule has 4 aromatic carbocycles. The normalized spacial score (nSPS) is 24.6. The number of carbonyl (C=O) groups excluding carboxylic acids is 2. The van der Waals surface area contributed by atoms with Gasteiger partial charge in [-0.05, 0) is 72.5 Å². The summed E-state index contributed by atoms with van der Waals surface area (Å²) in [5.74, 6) is -0.936. The maximum Gasteiger partial charge on any atom is 0.239 e. The summed E-state index contributed by atoms with van der Waals surface area (Å²) >= 11 is 0. The van der Waals surface area contributed by atoms with Crippen LogP contribution in [0.2, 0.25) is 0 Å². The third kappa shape index (κ3) is 3.29. The fourth-order valence-electron chi connectivity index (χ4n) is 6.97. The van der Waals surface area contributed by atoms with Crippen LogP contribution in [0.25, 0.3) is 0 Å². The number of rotatable bonds is 5. The lowest BCUT2D eigenvalue weighted by Crippen LogP contribution is -2.54. The first kappa shape index (κ1) is 23.6. The zero-order valence-corrected chi connectivity index (χ0v) is 21.9. The minimum absolute atomic E-state index is 0.156. The standard InChI is InChI=1S/C34H28N2O3/c1-3-39-24-18-16-23(17-19-24)36-32(37)30-29-25-8-4-6-10-27(25)34(31(30)33(36)38,28-11-7-5-9-26(28)29)20-35-22-14-12-21(2)13-15-22/h4-20,29-31H,3H2,1-2H3. The van der Waals surface area contributed by atoms with Crippen molar-refractivity contribution >= 4 is 29.4 Å². The lowest BCUT2D eigenvalue weighted by Gasteiger charge is -2.52. The van der Waals surface area contributed by atoms with Crippen LogP contribution in [0.3, 0.4) is 0 Å². The number of aliphatic imine (C=N–C) groups is 1. The van der Waals surface area contributed by atoms with Gasteiger partial charge in [0.2, 0.25) is 11.8 Å². The SMILES string of the molecule is CCOc1ccc(N2C(=O)C3C4c5ccccc5C(C=Nc5ccc(C)cc5)(c5ccccc54)C3C2=O)cc1. The molecule has 2 unspecified atom stereocenters. The van der Waals surface area contributed by atoms with Crippen molar-refractivity contribution in [3.05, 3.63) is 125 Å². The monoisotopic (exact) mass is 512 g/mol. The predicted octanol–water partition coefficient (Wildman–Crippen LogP) is 6.35. The van der Waals surface area contributed by atoms with E-state index in [9.17, 15) is 9.59 Å². The third-order valence-corrected chi connectivity index (χ3v) is 8.54. The molecule has 4 aromatic rings. The fraction of sp³-hybridized carbons (Fsp3) is 0.206. The summed E-state index contributed by atoms with van der Waals surface area (Å²) in [6.07, 6.45) is 1.94. The van der Waals surface area contributed by atoms with E-state index in [2.05, 4.69) is 24.3 Å². The Balaban J connectivity index is 1.44. The van der Waals surface area contributed by atoms with Crippen LogP contribution in [0.1, 0.15) is 40.7 Å². The molecule has 2 amide bonds. The van der Waals surface area contributed by atoms with Crippen molar-refractivity contribution in [1.29, 1.82) is 0 Å². The van der Waals surface area contributed by atoms with E-state index < -0.39 is 17.3 Å². The molecule has 1 fully saturated rings. The molecule has 2 bridgehead atoms. The molecule has 0 spiro atoms. The molecule has 5 heteroatoms. The van der Waals surface area contributed by atoms with Gasteiger partial charge in [-0.3, -0.25) is 14.6 Å². The van der Waals surface area contributed by atoms with Crippen molar-refractivity contribution in [2.24, 2.45) is 16.8 Å². The number of anilines is 1. The van der Waals surface area contributed by atoms with Gasteiger partial charge in [-0.2, -0.15) is 0 Å². The van der Waals surface area contributed by atoms with Gasteiger partial charge in [0.1, 0.15) is 5.75 Å². The topological polar surface area (TPSA) is 59.0 Å². The van der Waals surface area contributed by atoms with Crippen LogP contribution >= 0.6 is 0 Å². The largest absolute Gasteiger partial charge is 0.494 e. The van der Waals surface area contributed by atoms with E-state index in [1.165, 1.54) is 4.90 Å². The molecule has 3 aliphatic carbocycles. The highest BCUT2D eigenvalue weighted by atomic mass is 16.5. The first-order valence-electron chi connectivity index (χ1n) is 13.5. The quantitative estimate of drug-likeness (QED) is 0.231. The first-order valence-corrected chi connectivity index (χ1v) is 13.5. The zero-order chi connectivity index (χ0) is 26.7. The highest BCUT2D eigenvalue weighted by molar-refractivity contribution is 6.25. The predicted molar refractivity (Wildman–Crippen MR) is 152 cm³/mol. The minimum Gasteiger partial charge on any atom is -0.494 e. The minimum atomic E-state index is -0.871. The third-order valence-electron chi connectivity index (χ3n) is 8.54. The second-order valence-electron chi connectivity index (χ2n) is 10.6. The second-order valence-corrected chi connectivity index (χ2v) is 10.6. The molecule has 0 aromatic heterocycles. The zero-order valence-electron chi connectivity index (χ0n) is 21.9. The molecule has 0 N–H and O–H groups in total. The molecule has 39 heavy (non-hydrogen) atoms. The lowest BCUT2D eigenvalue weighted by molar-refractivity contribution is -0.122. The summed E-state index contributed by atoms with van der Waals surface area (Å²) in [7, 11) is 0. The van der Waals surface area contributed by atoms with Gasteiger partial charge in [-0.25, -0.2) is 4.90 Å². The molecule has 5 nitrogen and oxygen atoms in total. The molecule has 1 saturated heterocycles. The van der Waals surface area contributed by atoms with Crippen LogP contribution in [0.5, 0.6) is 5.75 Å². The van der Waals surface area contributed by atoms with Crippen LogP contribution in [0.4, 0.5) is 11.4 Å². The molecular formula is C34H28N2O3. The van der Waals surface area contributed by atoms with Crippen LogP contribution < -0.4 is 9.64 Å². The molecule has 192 valence electrons. The van der Waals surface area contributed by atoms with Gasteiger partial charge < -0.3 is 4.74 Å². The number of amides is 2. The number of imide groups is 1. The Bertz CT molecular complexity index is 1590. The highest BCUT2D eigenvalue weighted by Crippen LogP contribution is 2.63.